The first-order valence-corrected chi connectivity index (χ1v) is 11.1. The molecule has 4 atom stereocenters. The molecule has 0 radical (unpaired) electrons. The molecule has 170 valence electrons. The van der Waals surface area contributed by atoms with E-state index in [0.29, 0.717) is 19.5 Å². The van der Waals surface area contributed by atoms with Crippen molar-refractivity contribution in [2.75, 3.05) is 20.2 Å². The smallest absolute Gasteiger partial charge is 0.245 e. The summed E-state index contributed by atoms with van der Waals surface area (Å²) in [6.45, 7) is 9.00. The highest BCUT2D eigenvalue weighted by molar-refractivity contribution is 5.90. The number of ether oxygens (including phenoxy) is 1. The number of aromatic amines is 1. The van der Waals surface area contributed by atoms with Crippen molar-refractivity contribution in [3.63, 3.8) is 0 Å². The summed E-state index contributed by atoms with van der Waals surface area (Å²) in [7, 11) is 1.70. The molecule has 31 heavy (non-hydrogen) atoms. The van der Waals surface area contributed by atoms with Gasteiger partial charge >= 0.3 is 0 Å². The van der Waals surface area contributed by atoms with E-state index < -0.39 is 6.04 Å². The van der Waals surface area contributed by atoms with Crippen LogP contribution in [0.2, 0.25) is 0 Å². The molecule has 0 aromatic carbocycles. The predicted octanol–water partition coefficient (Wildman–Crippen LogP) is 1.86. The number of carbonyl (C=O) groups is 2. The highest BCUT2D eigenvalue weighted by Gasteiger charge is 2.41. The fourth-order valence-electron chi connectivity index (χ4n) is 4.39. The molecule has 0 aliphatic carbocycles. The van der Waals surface area contributed by atoms with Gasteiger partial charge in [0.25, 0.3) is 0 Å². The SMILES string of the molecule is CCN[C@@H](C)C(=O)N[C@H](C(=O)N1CCC(OC)[C@@H]1Cc1c[nH]c2ncccc12)C(C)C. The van der Waals surface area contributed by atoms with Gasteiger partial charge in [0.2, 0.25) is 11.8 Å². The molecule has 0 saturated carbocycles. The Morgan fingerprint density at radius 3 is 2.81 bits per heavy atom. The number of nitrogens with zero attached hydrogens (tertiary/aromatic N) is 2. The van der Waals surface area contributed by atoms with E-state index in [2.05, 4.69) is 20.6 Å². The van der Waals surface area contributed by atoms with E-state index in [1.165, 1.54) is 0 Å². The van der Waals surface area contributed by atoms with Crippen molar-refractivity contribution in [2.24, 2.45) is 5.92 Å². The van der Waals surface area contributed by atoms with Crippen LogP contribution < -0.4 is 10.6 Å². The average Bonchev–Trinajstić information content (AvgIpc) is 3.35. The second kappa shape index (κ2) is 10.2. The monoisotopic (exact) mass is 429 g/mol. The molecule has 1 fully saturated rings. The van der Waals surface area contributed by atoms with Gasteiger partial charge in [-0.1, -0.05) is 20.8 Å². The Labute approximate surface area is 184 Å². The number of fused-ring (bicyclic) bond motifs is 1. The molecule has 2 amide bonds. The topological polar surface area (TPSA) is 99.4 Å². The second-order valence-electron chi connectivity index (χ2n) is 8.59. The van der Waals surface area contributed by atoms with Gasteiger partial charge in [0.1, 0.15) is 11.7 Å². The first kappa shape index (κ1) is 23.2. The lowest BCUT2D eigenvalue weighted by Crippen LogP contribution is -2.56. The van der Waals surface area contributed by atoms with Gasteiger partial charge in [-0.15, -0.1) is 0 Å². The third kappa shape index (κ3) is 5.07. The predicted molar refractivity (Wildman–Crippen MR) is 121 cm³/mol. The maximum Gasteiger partial charge on any atom is 0.245 e. The van der Waals surface area contributed by atoms with Gasteiger partial charge in [0.05, 0.1) is 18.2 Å². The molecule has 3 rings (SSSR count). The van der Waals surface area contributed by atoms with Crippen molar-refractivity contribution in [3.8, 4) is 0 Å². The van der Waals surface area contributed by atoms with Gasteiger partial charge in [-0.25, -0.2) is 4.98 Å². The van der Waals surface area contributed by atoms with Crippen LogP contribution in [0.3, 0.4) is 0 Å². The zero-order valence-corrected chi connectivity index (χ0v) is 19.1. The summed E-state index contributed by atoms with van der Waals surface area (Å²) in [5.74, 6) is -0.227. The Kier molecular flexibility index (Phi) is 7.67. The summed E-state index contributed by atoms with van der Waals surface area (Å²) in [4.78, 5) is 35.6. The van der Waals surface area contributed by atoms with Gasteiger partial charge in [0.15, 0.2) is 0 Å². The minimum Gasteiger partial charge on any atom is -0.379 e. The molecule has 0 spiro atoms. The summed E-state index contributed by atoms with van der Waals surface area (Å²) in [5.41, 5.74) is 1.95. The lowest BCUT2D eigenvalue weighted by molar-refractivity contribution is -0.139. The highest BCUT2D eigenvalue weighted by Crippen LogP contribution is 2.28. The zero-order valence-electron chi connectivity index (χ0n) is 19.1. The summed E-state index contributed by atoms with van der Waals surface area (Å²) < 4.78 is 5.74. The Hall–Kier alpha value is -2.45. The molecule has 2 aromatic heterocycles. The summed E-state index contributed by atoms with van der Waals surface area (Å²) in [6, 6.07) is 2.94. The number of pyridine rings is 1. The normalized spacial score (nSPS) is 20.9. The lowest BCUT2D eigenvalue weighted by Gasteiger charge is -2.33. The van der Waals surface area contributed by atoms with Crippen LogP contribution in [0.5, 0.6) is 0 Å². The van der Waals surface area contributed by atoms with E-state index in [1.807, 2.05) is 50.9 Å². The molecular weight excluding hydrogens is 394 g/mol. The van der Waals surface area contributed by atoms with Crippen LogP contribution in [0.15, 0.2) is 24.5 Å². The number of likely N-dealkylation sites (N-methyl/N-ethyl adjacent to an activating group) is 1. The average molecular weight is 430 g/mol. The Morgan fingerprint density at radius 2 is 2.13 bits per heavy atom. The second-order valence-corrected chi connectivity index (χ2v) is 8.59. The van der Waals surface area contributed by atoms with Gasteiger partial charge in [0, 0.05) is 31.4 Å². The lowest BCUT2D eigenvalue weighted by atomic mass is 9.99. The van der Waals surface area contributed by atoms with Crippen LogP contribution in [0.25, 0.3) is 11.0 Å². The zero-order chi connectivity index (χ0) is 22.5. The van der Waals surface area contributed by atoms with Crippen LogP contribution in [0, 0.1) is 5.92 Å². The maximum absolute atomic E-state index is 13.6. The summed E-state index contributed by atoms with van der Waals surface area (Å²) in [6.07, 6.45) is 5.12. The van der Waals surface area contributed by atoms with Crippen molar-refractivity contribution >= 4 is 22.8 Å². The van der Waals surface area contributed by atoms with E-state index in [0.717, 1.165) is 23.0 Å². The minimum atomic E-state index is -0.573. The number of methoxy groups -OCH3 is 1. The Morgan fingerprint density at radius 1 is 1.35 bits per heavy atom. The van der Waals surface area contributed by atoms with Crippen LogP contribution in [0.4, 0.5) is 0 Å². The molecule has 2 aromatic rings. The first-order chi connectivity index (χ1) is 14.9. The molecule has 1 aliphatic heterocycles. The van der Waals surface area contributed by atoms with Gasteiger partial charge in [-0.2, -0.15) is 0 Å². The summed E-state index contributed by atoms with van der Waals surface area (Å²) in [5, 5.41) is 7.13. The first-order valence-electron chi connectivity index (χ1n) is 11.1. The number of aromatic nitrogens is 2. The van der Waals surface area contributed by atoms with E-state index in [4.69, 9.17) is 4.74 Å². The molecule has 3 N–H and O–H groups in total. The van der Waals surface area contributed by atoms with Crippen molar-refractivity contribution in [1.29, 1.82) is 0 Å². The molecule has 3 heterocycles. The van der Waals surface area contributed by atoms with Crippen LogP contribution in [-0.2, 0) is 20.7 Å². The minimum absolute atomic E-state index is 0.0233. The Balaban J connectivity index is 1.80. The number of likely N-dealkylation sites (tertiary alicyclic amines) is 1. The number of nitrogens with one attached hydrogen (secondary N) is 3. The number of carbonyl (C=O) groups excluding carboxylic acids is 2. The largest absolute Gasteiger partial charge is 0.379 e. The molecule has 1 aliphatic rings. The fourth-order valence-corrected chi connectivity index (χ4v) is 4.39. The van der Waals surface area contributed by atoms with Crippen LogP contribution in [-0.4, -0.2) is 71.1 Å². The molecule has 0 bridgehead atoms. The van der Waals surface area contributed by atoms with Crippen LogP contribution in [0.1, 0.15) is 39.7 Å². The van der Waals surface area contributed by atoms with Gasteiger partial charge in [-0.3, -0.25) is 9.59 Å². The number of amides is 2. The molecule has 8 nitrogen and oxygen atoms in total. The number of hydrogen-bond acceptors (Lipinski definition) is 5. The Bertz CT molecular complexity index is 896. The van der Waals surface area contributed by atoms with E-state index in [-0.39, 0.29) is 35.9 Å². The van der Waals surface area contributed by atoms with Crippen molar-refractivity contribution in [1.82, 2.24) is 25.5 Å². The maximum atomic E-state index is 13.6. The highest BCUT2D eigenvalue weighted by atomic mass is 16.5. The van der Waals surface area contributed by atoms with Gasteiger partial charge in [-0.05, 0) is 49.9 Å². The third-order valence-corrected chi connectivity index (χ3v) is 6.17. The number of rotatable bonds is 9. The van der Waals surface area contributed by atoms with E-state index in [1.54, 1.807) is 13.3 Å². The van der Waals surface area contributed by atoms with Crippen molar-refractivity contribution in [2.45, 2.75) is 64.8 Å². The fraction of sp³-hybridized carbons (Fsp3) is 0.609. The number of H-pyrrole nitrogens is 1. The quantitative estimate of drug-likeness (QED) is 0.565. The van der Waals surface area contributed by atoms with Crippen molar-refractivity contribution in [3.05, 3.63) is 30.1 Å². The molecular formula is C23H35N5O3. The molecule has 1 unspecified atom stereocenters. The van der Waals surface area contributed by atoms with E-state index >= 15 is 0 Å². The van der Waals surface area contributed by atoms with Crippen molar-refractivity contribution < 1.29 is 14.3 Å². The number of hydrogen-bond donors (Lipinski definition) is 3. The summed E-state index contributed by atoms with van der Waals surface area (Å²) >= 11 is 0. The third-order valence-electron chi connectivity index (χ3n) is 6.17. The van der Waals surface area contributed by atoms with Crippen LogP contribution >= 0.6 is 0 Å². The standard InChI is InChI=1S/C23H35N5O3/c1-6-24-15(4)22(29)27-20(14(2)3)23(30)28-11-9-19(31-5)18(28)12-16-13-26-21-17(16)8-7-10-25-21/h7-8,10,13-15,18-20,24H,6,9,11-12H2,1-5H3,(H,25,26)(H,27,29)/t15-,18-,19?,20-/m0/s1. The molecule has 1 saturated heterocycles. The van der Waals surface area contributed by atoms with Gasteiger partial charge < -0.3 is 25.3 Å². The molecule has 8 heteroatoms. The van der Waals surface area contributed by atoms with E-state index in [9.17, 15) is 9.59 Å².